The molecule has 1 aliphatic rings. The van der Waals surface area contributed by atoms with Crippen LogP contribution in [0.1, 0.15) is 23.4 Å². The Morgan fingerprint density at radius 3 is 2.68 bits per heavy atom. The lowest BCUT2D eigenvalue weighted by molar-refractivity contribution is -0.118. The average Bonchev–Trinajstić information content (AvgIpc) is 3.18. The molecule has 25 heavy (non-hydrogen) atoms. The van der Waals surface area contributed by atoms with Crippen molar-refractivity contribution in [3.05, 3.63) is 29.2 Å². The van der Waals surface area contributed by atoms with Gasteiger partial charge in [-0.2, -0.15) is 10.2 Å². The Balaban J connectivity index is 1.56. The standard InChI is InChI=1S/C16H23N7O2/c1-10-7-14(22(4)20-10)23-6-5-13(15(23)24)19-16(25)17-8-12-9-18-21(3)11(12)2/h7,9,13H,5-6,8H2,1-4H3,(H2,17,19,25). The van der Waals surface area contributed by atoms with Crippen molar-refractivity contribution in [2.24, 2.45) is 14.1 Å². The maximum atomic E-state index is 12.6. The van der Waals surface area contributed by atoms with Crippen molar-refractivity contribution in [2.45, 2.75) is 32.9 Å². The van der Waals surface area contributed by atoms with E-state index < -0.39 is 6.04 Å². The van der Waals surface area contributed by atoms with Crippen LogP contribution in [0.15, 0.2) is 12.3 Å². The Morgan fingerprint density at radius 2 is 2.08 bits per heavy atom. The molecule has 9 heteroatoms. The molecule has 0 bridgehead atoms. The van der Waals surface area contributed by atoms with Crippen LogP contribution >= 0.6 is 0 Å². The molecule has 1 unspecified atom stereocenters. The first-order valence-electron chi connectivity index (χ1n) is 8.20. The summed E-state index contributed by atoms with van der Waals surface area (Å²) < 4.78 is 3.43. The third-order valence-electron chi connectivity index (χ3n) is 4.54. The monoisotopic (exact) mass is 345 g/mol. The zero-order valence-corrected chi connectivity index (χ0v) is 14.9. The molecule has 2 aromatic heterocycles. The molecule has 9 nitrogen and oxygen atoms in total. The van der Waals surface area contributed by atoms with Crippen molar-refractivity contribution in [1.29, 1.82) is 0 Å². The first-order valence-corrected chi connectivity index (χ1v) is 8.20. The zero-order chi connectivity index (χ0) is 18.1. The van der Waals surface area contributed by atoms with Crippen LogP contribution in [-0.4, -0.2) is 44.1 Å². The zero-order valence-electron chi connectivity index (χ0n) is 14.9. The number of carbonyl (C=O) groups excluding carboxylic acids is 2. The van der Waals surface area contributed by atoms with Crippen LogP contribution < -0.4 is 15.5 Å². The van der Waals surface area contributed by atoms with Gasteiger partial charge in [-0.05, 0) is 20.3 Å². The number of nitrogens with zero attached hydrogens (tertiary/aromatic N) is 5. The van der Waals surface area contributed by atoms with Gasteiger partial charge in [-0.25, -0.2) is 4.79 Å². The quantitative estimate of drug-likeness (QED) is 0.837. The second kappa shape index (κ2) is 6.58. The number of anilines is 1. The molecule has 0 radical (unpaired) electrons. The molecule has 0 saturated carbocycles. The average molecular weight is 345 g/mol. The highest BCUT2D eigenvalue weighted by molar-refractivity contribution is 6.00. The Labute approximate surface area is 146 Å². The van der Waals surface area contributed by atoms with Crippen LogP contribution in [0.3, 0.4) is 0 Å². The van der Waals surface area contributed by atoms with E-state index in [0.29, 0.717) is 19.5 Å². The Hall–Kier alpha value is -2.84. The summed E-state index contributed by atoms with van der Waals surface area (Å²) in [6.45, 7) is 4.76. The highest BCUT2D eigenvalue weighted by Gasteiger charge is 2.35. The third kappa shape index (κ3) is 3.35. The molecule has 0 aliphatic carbocycles. The summed E-state index contributed by atoms with van der Waals surface area (Å²) in [4.78, 5) is 26.3. The number of rotatable bonds is 4. The topological polar surface area (TPSA) is 97.1 Å². The van der Waals surface area contributed by atoms with E-state index in [4.69, 9.17) is 0 Å². The number of hydrogen-bond donors (Lipinski definition) is 2. The van der Waals surface area contributed by atoms with Gasteiger partial charge < -0.3 is 10.6 Å². The van der Waals surface area contributed by atoms with Crippen LogP contribution in [-0.2, 0) is 25.4 Å². The summed E-state index contributed by atoms with van der Waals surface area (Å²) in [5, 5.41) is 13.9. The second-order valence-corrected chi connectivity index (χ2v) is 6.30. The number of aromatic nitrogens is 4. The van der Waals surface area contributed by atoms with Crippen LogP contribution in [0.2, 0.25) is 0 Å². The molecule has 1 aliphatic heterocycles. The molecule has 1 fully saturated rings. The lowest BCUT2D eigenvalue weighted by Gasteiger charge is -2.17. The van der Waals surface area contributed by atoms with Gasteiger partial charge in [0.2, 0.25) is 0 Å². The molecule has 134 valence electrons. The van der Waals surface area contributed by atoms with Gasteiger partial charge in [0.25, 0.3) is 5.91 Å². The first-order chi connectivity index (χ1) is 11.9. The molecule has 0 spiro atoms. The smallest absolute Gasteiger partial charge is 0.315 e. The van der Waals surface area contributed by atoms with Gasteiger partial charge in [0.05, 0.1) is 11.9 Å². The van der Waals surface area contributed by atoms with Gasteiger partial charge in [0.15, 0.2) is 0 Å². The predicted molar refractivity (Wildman–Crippen MR) is 92.0 cm³/mol. The fourth-order valence-corrected chi connectivity index (χ4v) is 2.99. The molecule has 2 aromatic rings. The minimum atomic E-state index is -0.523. The van der Waals surface area contributed by atoms with E-state index in [1.165, 1.54) is 0 Å². The van der Waals surface area contributed by atoms with E-state index in [-0.39, 0.29) is 11.9 Å². The van der Waals surface area contributed by atoms with Crippen molar-refractivity contribution < 1.29 is 9.59 Å². The van der Waals surface area contributed by atoms with E-state index in [0.717, 1.165) is 22.8 Å². The number of carbonyl (C=O) groups is 2. The summed E-state index contributed by atoms with van der Waals surface area (Å²) in [6.07, 6.45) is 2.30. The van der Waals surface area contributed by atoms with Crippen LogP contribution in [0.4, 0.5) is 10.6 Å². The molecule has 1 saturated heterocycles. The highest BCUT2D eigenvalue weighted by Crippen LogP contribution is 2.21. The lowest BCUT2D eigenvalue weighted by Crippen LogP contribution is -2.46. The number of nitrogens with one attached hydrogen (secondary N) is 2. The first kappa shape index (κ1) is 17.0. The molecule has 3 amide bonds. The second-order valence-electron chi connectivity index (χ2n) is 6.30. The van der Waals surface area contributed by atoms with E-state index in [2.05, 4.69) is 20.8 Å². The van der Waals surface area contributed by atoms with Crippen LogP contribution in [0.25, 0.3) is 0 Å². The number of hydrogen-bond acceptors (Lipinski definition) is 4. The Morgan fingerprint density at radius 1 is 1.32 bits per heavy atom. The summed E-state index contributed by atoms with van der Waals surface area (Å²) >= 11 is 0. The SMILES string of the molecule is Cc1cc(N2CCC(NC(=O)NCc3cnn(C)c3C)C2=O)n(C)n1. The minimum absolute atomic E-state index is 0.115. The largest absolute Gasteiger partial charge is 0.334 e. The van der Waals surface area contributed by atoms with Gasteiger partial charge in [-0.1, -0.05) is 0 Å². The maximum absolute atomic E-state index is 12.6. The number of amides is 3. The fraction of sp³-hybridized carbons (Fsp3) is 0.500. The third-order valence-corrected chi connectivity index (χ3v) is 4.54. The molecular formula is C16H23N7O2. The van der Waals surface area contributed by atoms with Gasteiger partial charge in [-0.3, -0.25) is 19.1 Å². The van der Waals surface area contributed by atoms with Gasteiger partial charge >= 0.3 is 6.03 Å². The molecule has 0 aromatic carbocycles. The molecule has 3 rings (SSSR count). The summed E-state index contributed by atoms with van der Waals surface area (Å²) in [5.41, 5.74) is 2.80. The van der Waals surface area contributed by atoms with Gasteiger partial charge in [0.1, 0.15) is 11.9 Å². The highest BCUT2D eigenvalue weighted by atomic mass is 16.2. The van der Waals surface area contributed by atoms with E-state index >= 15 is 0 Å². The van der Waals surface area contributed by atoms with Gasteiger partial charge in [0, 0.05) is 44.5 Å². The van der Waals surface area contributed by atoms with Crippen molar-refractivity contribution >= 4 is 17.8 Å². The minimum Gasteiger partial charge on any atom is -0.334 e. The van der Waals surface area contributed by atoms with Crippen molar-refractivity contribution in [2.75, 3.05) is 11.4 Å². The molecule has 2 N–H and O–H groups in total. The van der Waals surface area contributed by atoms with Gasteiger partial charge in [-0.15, -0.1) is 0 Å². The fourth-order valence-electron chi connectivity index (χ4n) is 2.99. The normalized spacial score (nSPS) is 17.2. The van der Waals surface area contributed by atoms with Crippen molar-refractivity contribution in [1.82, 2.24) is 30.2 Å². The Bertz CT molecular complexity index is 808. The lowest BCUT2D eigenvalue weighted by atomic mass is 10.2. The summed E-state index contributed by atoms with van der Waals surface area (Å²) in [7, 11) is 3.66. The Kier molecular flexibility index (Phi) is 4.47. The summed E-state index contributed by atoms with van der Waals surface area (Å²) in [6, 6.07) is 0.987. The number of urea groups is 1. The molecular weight excluding hydrogens is 322 g/mol. The number of aryl methyl sites for hydroxylation is 3. The maximum Gasteiger partial charge on any atom is 0.315 e. The van der Waals surface area contributed by atoms with E-state index in [9.17, 15) is 9.59 Å². The summed E-state index contributed by atoms with van der Waals surface area (Å²) in [5.74, 6) is 0.633. The van der Waals surface area contributed by atoms with E-state index in [1.807, 2.05) is 27.0 Å². The predicted octanol–water partition coefficient (Wildman–Crippen LogP) is 0.375. The van der Waals surface area contributed by atoms with Crippen LogP contribution in [0, 0.1) is 13.8 Å². The van der Waals surface area contributed by atoms with Crippen LogP contribution in [0.5, 0.6) is 0 Å². The van der Waals surface area contributed by atoms with Crippen molar-refractivity contribution in [3.8, 4) is 0 Å². The molecule has 1 atom stereocenters. The molecule has 3 heterocycles. The van der Waals surface area contributed by atoms with Crippen molar-refractivity contribution in [3.63, 3.8) is 0 Å². The van der Waals surface area contributed by atoms with E-state index in [1.54, 1.807) is 27.5 Å².